The monoisotopic (exact) mass is 728 g/mol. The molecule has 0 aliphatic rings. The first kappa shape index (κ1) is 31.6. The molecular formula is C52H32N4O. The summed E-state index contributed by atoms with van der Waals surface area (Å²) < 4.78 is 11.5. The molecule has 266 valence electrons. The second-order valence-corrected chi connectivity index (χ2v) is 14.6. The van der Waals surface area contributed by atoms with Crippen LogP contribution in [0.3, 0.4) is 0 Å². The van der Waals surface area contributed by atoms with Crippen LogP contribution in [0.1, 0.15) is 0 Å². The summed E-state index contributed by atoms with van der Waals surface area (Å²) >= 11 is 0. The first-order valence-electron chi connectivity index (χ1n) is 19.3. The summed E-state index contributed by atoms with van der Waals surface area (Å²) in [5.74, 6) is 0.686. The Morgan fingerprint density at radius 2 is 0.895 bits per heavy atom. The van der Waals surface area contributed by atoms with Crippen LogP contribution in [-0.2, 0) is 0 Å². The summed E-state index contributed by atoms with van der Waals surface area (Å²) in [4.78, 5) is 10.2. The van der Waals surface area contributed by atoms with E-state index in [1.165, 1.54) is 21.5 Å². The van der Waals surface area contributed by atoms with Crippen LogP contribution in [-0.4, -0.2) is 19.1 Å². The number of hydrogen-bond donors (Lipinski definition) is 0. The second-order valence-electron chi connectivity index (χ2n) is 14.6. The Bertz CT molecular complexity index is 3450. The molecule has 0 fully saturated rings. The van der Waals surface area contributed by atoms with Crippen LogP contribution < -0.4 is 0 Å². The van der Waals surface area contributed by atoms with Crippen LogP contribution in [0.4, 0.5) is 0 Å². The highest BCUT2D eigenvalue weighted by Crippen LogP contribution is 2.43. The largest absolute Gasteiger partial charge is 0.454 e. The lowest BCUT2D eigenvalue weighted by Crippen LogP contribution is -1.99. The van der Waals surface area contributed by atoms with Crippen molar-refractivity contribution in [1.29, 1.82) is 0 Å². The summed E-state index contributed by atoms with van der Waals surface area (Å²) in [6.07, 6.45) is 0. The minimum atomic E-state index is 0.686. The van der Waals surface area contributed by atoms with E-state index in [4.69, 9.17) is 14.4 Å². The van der Waals surface area contributed by atoms with Crippen molar-refractivity contribution in [2.75, 3.05) is 0 Å². The third kappa shape index (κ3) is 4.82. The third-order valence-corrected chi connectivity index (χ3v) is 11.3. The molecule has 4 aromatic heterocycles. The van der Waals surface area contributed by atoms with Crippen molar-refractivity contribution in [1.82, 2.24) is 19.1 Å². The van der Waals surface area contributed by atoms with Gasteiger partial charge in [0.1, 0.15) is 5.58 Å². The molecule has 12 aromatic rings. The molecule has 0 bridgehead atoms. The van der Waals surface area contributed by atoms with E-state index >= 15 is 0 Å². The highest BCUT2D eigenvalue weighted by atomic mass is 16.3. The number of para-hydroxylation sites is 4. The number of fused-ring (bicyclic) bond motifs is 10. The summed E-state index contributed by atoms with van der Waals surface area (Å²) in [7, 11) is 0. The van der Waals surface area contributed by atoms with Crippen molar-refractivity contribution >= 4 is 65.6 Å². The quantitative estimate of drug-likeness (QED) is 0.177. The van der Waals surface area contributed by atoms with Crippen LogP contribution in [0.2, 0.25) is 0 Å². The summed E-state index contributed by atoms with van der Waals surface area (Å²) in [6.45, 7) is 0. The predicted octanol–water partition coefficient (Wildman–Crippen LogP) is 13.6. The van der Waals surface area contributed by atoms with Gasteiger partial charge in [0.05, 0.1) is 39.1 Å². The van der Waals surface area contributed by atoms with Crippen molar-refractivity contribution in [2.24, 2.45) is 0 Å². The Kier molecular flexibility index (Phi) is 6.86. The molecule has 0 atom stereocenters. The maximum atomic E-state index is 6.68. The lowest BCUT2D eigenvalue weighted by molar-refractivity contribution is 0.666. The Hall–Kier alpha value is -7.76. The maximum absolute atomic E-state index is 6.68. The average Bonchev–Trinajstić information content (AvgIpc) is 3.95. The number of hydrogen-bond acceptors (Lipinski definition) is 3. The second kappa shape index (κ2) is 12.4. The van der Waals surface area contributed by atoms with E-state index < -0.39 is 0 Å². The first-order valence-corrected chi connectivity index (χ1v) is 19.3. The minimum absolute atomic E-state index is 0.686. The van der Waals surface area contributed by atoms with Gasteiger partial charge in [-0.25, -0.2) is 9.97 Å². The smallest absolute Gasteiger partial charge is 0.160 e. The number of benzene rings is 8. The van der Waals surface area contributed by atoms with Crippen molar-refractivity contribution in [3.8, 4) is 45.3 Å². The number of nitrogens with zero attached hydrogens (tertiary/aromatic N) is 4. The fourth-order valence-corrected chi connectivity index (χ4v) is 8.78. The molecule has 4 heterocycles. The molecule has 57 heavy (non-hydrogen) atoms. The molecule has 0 amide bonds. The van der Waals surface area contributed by atoms with Gasteiger partial charge in [-0.05, 0) is 54.6 Å². The van der Waals surface area contributed by atoms with Gasteiger partial charge in [-0.2, -0.15) is 0 Å². The zero-order valence-electron chi connectivity index (χ0n) is 30.7. The van der Waals surface area contributed by atoms with Crippen LogP contribution in [0.5, 0.6) is 0 Å². The van der Waals surface area contributed by atoms with Crippen molar-refractivity contribution in [3.05, 3.63) is 194 Å². The Labute approximate surface area is 327 Å². The van der Waals surface area contributed by atoms with E-state index in [-0.39, 0.29) is 0 Å². The zero-order valence-corrected chi connectivity index (χ0v) is 30.7. The Morgan fingerprint density at radius 3 is 1.54 bits per heavy atom. The Morgan fingerprint density at radius 1 is 0.368 bits per heavy atom. The molecule has 0 unspecified atom stereocenters. The van der Waals surface area contributed by atoms with Crippen molar-refractivity contribution < 1.29 is 4.42 Å². The van der Waals surface area contributed by atoms with E-state index in [1.54, 1.807) is 0 Å². The molecule has 5 heteroatoms. The molecule has 0 aliphatic heterocycles. The fraction of sp³-hybridized carbons (Fsp3) is 0. The minimum Gasteiger partial charge on any atom is -0.454 e. The molecule has 0 saturated carbocycles. The zero-order chi connectivity index (χ0) is 37.5. The van der Waals surface area contributed by atoms with Crippen LogP contribution in [0.15, 0.2) is 199 Å². The van der Waals surface area contributed by atoms with Crippen molar-refractivity contribution in [2.45, 2.75) is 0 Å². The molecule has 0 spiro atoms. The maximum Gasteiger partial charge on any atom is 0.160 e. The molecule has 0 saturated heterocycles. The topological polar surface area (TPSA) is 48.8 Å². The van der Waals surface area contributed by atoms with Gasteiger partial charge >= 0.3 is 0 Å². The van der Waals surface area contributed by atoms with Gasteiger partial charge in [0.25, 0.3) is 0 Å². The SMILES string of the molecule is c1ccc(-c2cc(-c3ccccc3)nc(-c3ccc(-n4c5ccccc5c5ccc6c7ccccc7n(-c7cccc8c7oc7ccccc78)c6c54)cc3)n2)cc1. The molecule has 0 aliphatic carbocycles. The summed E-state index contributed by atoms with van der Waals surface area (Å²) in [5.41, 5.74) is 13.2. The van der Waals surface area contributed by atoms with Crippen molar-refractivity contribution in [3.63, 3.8) is 0 Å². The van der Waals surface area contributed by atoms with E-state index in [0.717, 1.165) is 83.5 Å². The summed E-state index contributed by atoms with van der Waals surface area (Å²) in [5, 5.41) is 6.98. The third-order valence-electron chi connectivity index (χ3n) is 11.3. The van der Waals surface area contributed by atoms with E-state index in [2.05, 4.69) is 161 Å². The molecule has 5 nitrogen and oxygen atoms in total. The average molecular weight is 729 g/mol. The molecule has 0 radical (unpaired) electrons. The van der Waals surface area contributed by atoms with Crippen LogP contribution >= 0.6 is 0 Å². The molecule has 12 rings (SSSR count). The fourth-order valence-electron chi connectivity index (χ4n) is 8.78. The Balaban J connectivity index is 1.11. The lowest BCUT2D eigenvalue weighted by Gasteiger charge is -2.13. The summed E-state index contributed by atoms with van der Waals surface area (Å²) in [6, 6.07) is 68.2. The van der Waals surface area contributed by atoms with E-state index in [0.29, 0.717) is 5.82 Å². The predicted molar refractivity (Wildman–Crippen MR) is 234 cm³/mol. The van der Waals surface area contributed by atoms with Gasteiger partial charge in [0.2, 0.25) is 0 Å². The van der Waals surface area contributed by atoms with Gasteiger partial charge < -0.3 is 13.6 Å². The van der Waals surface area contributed by atoms with Crippen LogP contribution in [0, 0.1) is 0 Å². The number of rotatable bonds is 5. The van der Waals surface area contributed by atoms with E-state index in [1.807, 2.05) is 42.5 Å². The van der Waals surface area contributed by atoms with E-state index in [9.17, 15) is 0 Å². The van der Waals surface area contributed by atoms with Crippen LogP contribution in [0.25, 0.3) is 111 Å². The van der Waals surface area contributed by atoms with Gasteiger partial charge in [-0.3, -0.25) is 0 Å². The molecule has 0 N–H and O–H groups in total. The standard InChI is InChI=1S/C52H32N4O/c1-3-14-33(15-4-1)43-32-44(34-16-5-2-6-17-34)54-52(53-43)35-26-28-36(29-27-35)55-45-22-10-7-18-37(45)40-30-31-41-38-19-8-11-23-46(38)56(50(41)49(40)55)47-24-13-21-42-39-20-9-12-25-48(39)57-51(42)47/h1-32H. The van der Waals surface area contributed by atoms with Gasteiger partial charge in [0, 0.05) is 54.7 Å². The normalized spacial score (nSPS) is 11.9. The van der Waals surface area contributed by atoms with Gasteiger partial charge in [0.15, 0.2) is 11.4 Å². The van der Waals surface area contributed by atoms with Gasteiger partial charge in [-0.15, -0.1) is 0 Å². The molecular weight excluding hydrogens is 697 g/mol. The molecule has 8 aromatic carbocycles. The number of furan rings is 1. The number of aromatic nitrogens is 4. The lowest BCUT2D eigenvalue weighted by atomic mass is 10.1. The first-order chi connectivity index (χ1) is 28.3. The van der Waals surface area contributed by atoms with Gasteiger partial charge in [-0.1, -0.05) is 140 Å². The highest BCUT2D eigenvalue weighted by Gasteiger charge is 2.23. The highest BCUT2D eigenvalue weighted by molar-refractivity contribution is 6.24.